The van der Waals surface area contributed by atoms with Crippen molar-refractivity contribution >= 4 is 23.2 Å². The Morgan fingerprint density at radius 2 is 1.96 bits per heavy atom. The molecule has 2 amide bonds. The van der Waals surface area contributed by atoms with Crippen molar-refractivity contribution in [2.45, 2.75) is 32.3 Å². The molecule has 2 aromatic carbocycles. The zero-order chi connectivity index (χ0) is 17.4. The van der Waals surface area contributed by atoms with Gasteiger partial charge in [-0.15, -0.1) is 0 Å². The minimum absolute atomic E-state index is 0.00767. The molecule has 5 heteroatoms. The summed E-state index contributed by atoms with van der Waals surface area (Å²) in [5, 5.41) is 2.79. The molecular formula is C20H20N2O3. The number of nitrogens with one attached hydrogen (secondary N) is 1. The Balaban J connectivity index is 1.53. The average Bonchev–Trinajstić information content (AvgIpc) is 3.08. The van der Waals surface area contributed by atoms with E-state index in [0.29, 0.717) is 17.1 Å². The van der Waals surface area contributed by atoms with Gasteiger partial charge in [0.15, 0.2) is 6.10 Å². The van der Waals surface area contributed by atoms with Gasteiger partial charge in [-0.25, -0.2) is 0 Å². The van der Waals surface area contributed by atoms with Crippen LogP contribution in [0.2, 0.25) is 0 Å². The van der Waals surface area contributed by atoms with E-state index in [4.69, 9.17) is 4.74 Å². The van der Waals surface area contributed by atoms with E-state index in [1.54, 1.807) is 13.0 Å². The van der Waals surface area contributed by atoms with E-state index in [9.17, 15) is 9.59 Å². The van der Waals surface area contributed by atoms with Crippen molar-refractivity contribution in [3.05, 3.63) is 53.6 Å². The Bertz CT molecular complexity index is 847. The second-order valence-electron chi connectivity index (χ2n) is 6.53. The number of fused-ring (bicyclic) bond motifs is 2. The third-order valence-electron chi connectivity index (χ3n) is 4.77. The molecule has 25 heavy (non-hydrogen) atoms. The predicted molar refractivity (Wildman–Crippen MR) is 96.0 cm³/mol. The van der Waals surface area contributed by atoms with E-state index in [0.717, 1.165) is 12.8 Å². The lowest BCUT2D eigenvalue weighted by Crippen LogP contribution is -2.47. The molecule has 1 heterocycles. The Morgan fingerprint density at radius 1 is 1.16 bits per heavy atom. The van der Waals surface area contributed by atoms with Crippen molar-refractivity contribution in [1.29, 1.82) is 0 Å². The lowest BCUT2D eigenvalue weighted by molar-refractivity contribution is -0.126. The van der Waals surface area contributed by atoms with Crippen LogP contribution in [-0.4, -0.2) is 24.5 Å². The number of hydrogen-bond donors (Lipinski definition) is 1. The molecule has 1 N–H and O–H groups in total. The van der Waals surface area contributed by atoms with Crippen LogP contribution in [0.15, 0.2) is 42.5 Å². The molecule has 0 saturated heterocycles. The molecule has 0 radical (unpaired) electrons. The third kappa shape index (κ3) is 2.97. The fourth-order valence-electron chi connectivity index (χ4n) is 3.53. The highest BCUT2D eigenvalue weighted by atomic mass is 16.5. The highest BCUT2D eigenvalue weighted by Gasteiger charge is 2.30. The molecule has 1 aliphatic carbocycles. The van der Waals surface area contributed by atoms with Crippen LogP contribution in [-0.2, 0) is 22.4 Å². The van der Waals surface area contributed by atoms with E-state index >= 15 is 0 Å². The summed E-state index contributed by atoms with van der Waals surface area (Å²) in [7, 11) is 0. The maximum Gasteiger partial charge on any atom is 0.268 e. The molecule has 5 nitrogen and oxygen atoms in total. The third-order valence-corrected chi connectivity index (χ3v) is 4.77. The number of nitrogens with zero attached hydrogens (tertiary/aromatic N) is 1. The highest BCUT2D eigenvalue weighted by Crippen LogP contribution is 2.30. The number of para-hydroxylation sites is 2. The van der Waals surface area contributed by atoms with E-state index in [1.807, 2.05) is 30.3 Å². The number of carbonyl (C=O) groups excluding carboxylic acids is 2. The van der Waals surface area contributed by atoms with Gasteiger partial charge in [-0.05, 0) is 61.6 Å². The average molecular weight is 336 g/mol. The number of carbonyl (C=O) groups is 2. The Labute approximate surface area is 146 Å². The largest absolute Gasteiger partial charge is 0.481 e. The number of aryl methyl sites for hydroxylation is 2. The molecule has 1 unspecified atom stereocenters. The number of benzene rings is 2. The molecule has 0 bridgehead atoms. The summed E-state index contributed by atoms with van der Waals surface area (Å²) >= 11 is 0. The first-order valence-corrected chi connectivity index (χ1v) is 8.60. The number of ether oxygens (including phenoxy) is 1. The molecule has 128 valence electrons. The molecule has 1 aliphatic heterocycles. The zero-order valence-electron chi connectivity index (χ0n) is 14.1. The van der Waals surface area contributed by atoms with E-state index < -0.39 is 6.10 Å². The summed E-state index contributed by atoms with van der Waals surface area (Å²) < 4.78 is 5.88. The van der Waals surface area contributed by atoms with Gasteiger partial charge >= 0.3 is 0 Å². The number of amides is 2. The number of hydrogen-bond acceptors (Lipinski definition) is 3. The van der Waals surface area contributed by atoms with Gasteiger partial charge in [0.1, 0.15) is 12.3 Å². The van der Waals surface area contributed by atoms with Gasteiger partial charge in [-0.3, -0.25) is 14.5 Å². The topological polar surface area (TPSA) is 58.6 Å². The summed E-state index contributed by atoms with van der Waals surface area (Å²) in [5.74, 6) is 0.288. The van der Waals surface area contributed by atoms with Crippen LogP contribution in [0.3, 0.4) is 0 Å². The van der Waals surface area contributed by atoms with Gasteiger partial charge in [0.05, 0.1) is 11.4 Å². The van der Waals surface area contributed by atoms with E-state index in [-0.39, 0.29) is 18.4 Å². The summed E-state index contributed by atoms with van der Waals surface area (Å²) in [6.45, 7) is 1.73. The van der Waals surface area contributed by atoms with Gasteiger partial charge in [-0.1, -0.05) is 18.2 Å². The standard InChI is InChI=1S/C20H20N2O3/c1-13(25-16-10-9-14-5-4-6-15(14)11-16)20(24)22-12-19(23)21-17-7-2-3-8-18(17)22/h2-3,7-11,13H,4-6,12H2,1H3,(H,21,23). The Hall–Kier alpha value is -2.82. The van der Waals surface area contributed by atoms with Gasteiger partial charge in [0, 0.05) is 0 Å². The summed E-state index contributed by atoms with van der Waals surface area (Å²) in [6, 6.07) is 13.3. The van der Waals surface area contributed by atoms with Gasteiger partial charge in [0.25, 0.3) is 5.91 Å². The molecule has 1 atom stereocenters. The van der Waals surface area contributed by atoms with E-state index in [1.165, 1.54) is 22.4 Å². The molecular weight excluding hydrogens is 316 g/mol. The first-order valence-electron chi connectivity index (χ1n) is 8.60. The zero-order valence-corrected chi connectivity index (χ0v) is 14.1. The van der Waals surface area contributed by atoms with Crippen LogP contribution in [0, 0.1) is 0 Å². The SMILES string of the molecule is CC(Oc1ccc2c(c1)CCC2)C(=O)N1CC(=O)Nc2ccccc21. The summed E-state index contributed by atoms with van der Waals surface area (Å²) in [6.07, 6.45) is 2.68. The lowest BCUT2D eigenvalue weighted by Gasteiger charge is -2.31. The quantitative estimate of drug-likeness (QED) is 0.937. The molecule has 0 fully saturated rings. The number of anilines is 2. The van der Waals surface area contributed by atoms with Crippen molar-refractivity contribution in [2.75, 3.05) is 16.8 Å². The van der Waals surface area contributed by atoms with E-state index in [2.05, 4.69) is 11.4 Å². The van der Waals surface area contributed by atoms with Crippen LogP contribution in [0.25, 0.3) is 0 Å². The molecule has 0 spiro atoms. The highest BCUT2D eigenvalue weighted by molar-refractivity contribution is 6.10. The summed E-state index contributed by atoms with van der Waals surface area (Å²) in [4.78, 5) is 26.3. The van der Waals surface area contributed by atoms with Crippen molar-refractivity contribution < 1.29 is 14.3 Å². The molecule has 2 aliphatic rings. The van der Waals surface area contributed by atoms with Gasteiger partial charge in [0.2, 0.25) is 5.91 Å². The lowest BCUT2D eigenvalue weighted by atomic mass is 10.1. The van der Waals surface area contributed by atoms with Gasteiger partial charge in [-0.2, -0.15) is 0 Å². The molecule has 0 aromatic heterocycles. The molecule has 4 rings (SSSR count). The first-order chi connectivity index (χ1) is 12.1. The minimum Gasteiger partial charge on any atom is -0.481 e. The van der Waals surface area contributed by atoms with Crippen LogP contribution in [0.1, 0.15) is 24.5 Å². The minimum atomic E-state index is -0.668. The predicted octanol–water partition coefficient (Wildman–Crippen LogP) is 2.93. The Morgan fingerprint density at radius 3 is 2.84 bits per heavy atom. The van der Waals surface area contributed by atoms with Crippen molar-refractivity contribution in [1.82, 2.24) is 0 Å². The summed E-state index contributed by atoms with van der Waals surface area (Å²) in [5.41, 5.74) is 4.03. The fourth-order valence-corrected chi connectivity index (χ4v) is 3.53. The molecule has 0 saturated carbocycles. The maximum atomic E-state index is 12.9. The van der Waals surface area contributed by atoms with Crippen molar-refractivity contribution in [3.63, 3.8) is 0 Å². The maximum absolute atomic E-state index is 12.9. The first kappa shape index (κ1) is 15.7. The van der Waals surface area contributed by atoms with Crippen LogP contribution < -0.4 is 15.0 Å². The molecule has 2 aromatic rings. The smallest absolute Gasteiger partial charge is 0.268 e. The van der Waals surface area contributed by atoms with Crippen LogP contribution in [0.5, 0.6) is 5.75 Å². The van der Waals surface area contributed by atoms with Crippen LogP contribution in [0.4, 0.5) is 11.4 Å². The monoisotopic (exact) mass is 336 g/mol. The Kier molecular flexibility index (Phi) is 3.92. The van der Waals surface area contributed by atoms with Gasteiger partial charge < -0.3 is 10.1 Å². The second-order valence-corrected chi connectivity index (χ2v) is 6.53. The second kappa shape index (κ2) is 6.24. The van der Waals surface area contributed by atoms with Crippen molar-refractivity contribution in [3.8, 4) is 5.75 Å². The number of rotatable bonds is 3. The fraction of sp³-hybridized carbons (Fsp3) is 0.300. The van der Waals surface area contributed by atoms with Crippen LogP contribution >= 0.6 is 0 Å². The van der Waals surface area contributed by atoms with Crippen molar-refractivity contribution in [2.24, 2.45) is 0 Å². The normalized spacial score (nSPS) is 16.7.